The number of ether oxygens (including phenoxy) is 3. The molecule has 2 aromatic carbocycles. The summed E-state index contributed by atoms with van der Waals surface area (Å²) in [5.41, 5.74) is 2.34. The minimum absolute atomic E-state index is 0.0107. The van der Waals surface area contributed by atoms with E-state index in [1.54, 1.807) is 0 Å². The minimum Gasteiger partial charge on any atom is -0.489 e. The Balaban J connectivity index is 1.64. The second kappa shape index (κ2) is 6.60. The van der Waals surface area contributed by atoms with Crippen LogP contribution in [0.1, 0.15) is 17.2 Å². The minimum atomic E-state index is -0.153. The zero-order valence-electron chi connectivity index (χ0n) is 13.0. The molecule has 2 heterocycles. The maximum absolute atomic E-state index is 6.39. The van der Waals surface area contributed by atoms with E-state index in [9.17, 15) is 0 Å². The Morgan fingerprint density at radius 1 is 1.04 bits per heavy atom. The quantitative estimate of drug-likeness (QED) is 0.942. The summed E-state index contributed by atoms with van der Waals surface area (Å²) in [6.07, 6.45) is 0.785. The summed E-state index contributed by atoms with van der Waals surface area (Å²) in [6, 6.07) is 16.4. The van der Waals surface area contributed by atoms with Crippen LogP contribution in [0.25, 0.3) is 0 Å². The maximum atomic E-state index is 6.39. The number of hydrogen-bond donors (Lipinski definition) is 1. The number of morpholine rings is 1. The molecule has 23 heavy (non-hydrogen) atoms. The molecule has 2 aliphatic heterocycles. The highest BCUT2D eigenvalue weighted by molar-refractivity contribution is 5.49. The normalized spacial score (nSPS) is 21.3. The van der Waals surface area contributed by atoms with Crippen molar-refractivity contribution in [1.82, 2.24) is 5.32 Å². The largest absolute Gasteiger partial charge is 0.489 e. The summed E-state index contributed by atoms with van der Waals surface area (Å²) in [7, 11) is 0. The highest BCUT2D eigenvalue weighted by Gasteiger charge is 2.29. The van der Waals surface area contributed by atoms with Gasteiger partial charge < -0.3 is 19.5 Å². The highest BCUT2D eigenvalue weighted by Crippen LogP contribution is 2.38. The van der Waals surface area contributed by atoms with Gasteiger partial charge in [0.15, 0.2) is 17.6 Å². The van der Waals surface area contributed by atoms with Gasteiger partial charge in [0, 0.05) is 25.1 Å². The number of fused-ring (bicyclic) bond motifs is 1. The molecule has 2 atom stereocenters. The van der Waals surface area contributed by atoms with E-state index in [0.29, 0.717) is 6.61 Å². The molecule has 0 aliphatic carbocycles. The first-order valence-electron chi connectivity index (χ1n) is 8.20. The van der Waals surface area contributed by atoms with E-state index in [-0.39, 0.29) is 12.2 Å². The number of rotatable bonds is 4. The van der Waals surface area contributed by atoms with Gasteiger partial charge in [-0.3, -0.25) is 0 Å². The molecule has 4 nitrogen and oxygen atoms in total. The average molecular weight is 311 g/mol. The number of hydrogen-bond acceptors (Lipinski definition) is 4. The van der Waals surface area contributed by atoms with Gasteiger partial charge in [-0.15, -0.1) is 0 Å². The van der Waals surface area contributed by atoms with Crippen molar-refractivity contribution in [3.63, 3.8) is 0 Å². The third-order valence-corrected chi connectivity index (χ3v) is 4.35. The monoisotopic (exact) mass is 311 g/mol. The molecule has 0 aromatic heterocycles. The molecule has 0 bridgehead atoms. The molecule has 0 spiro atoms. The van der Waals surface area contributed by atoms with Crippen LogP contribution in [0.4, 0.5) is 0 Å². The Labute approximate surface area is 136 Å². The molecule has 120 valence electrons. The third-order valence-electron chi connectivity index (χ3n) is 4.35. The topological polar surface area (TPSA) is 39.7 Å². The van der Waals surface area contributed by atoms with E-state index in [4.69, 9.17) is 14.2 Å². The predicted octanol–water partition coefficient (Wildman–Crippen LogP) is 2.73. The van der Waals surface area contributed by atoms with Crippen LogP contribution in [0.3, 0.4) is 0 Å². The van der Waals surface area contributed by atoms with Gasteiger partial charge in [0.25, 0.3) is 0 Å². The van der Waals surface area contributed by atoms with Crippen LogP contribution in [0.5, 0.6) is 11.5 Å². The standard InChI is InChI=1S/C19H21NO3/c1-2-5-14(6-3-1)19(17-13-20-10-12-21-17)23-16-8-4-7-15-9-11-22-18(15)16/h1-8,17,19-20H,9-13H2/t17-,19-/m1/s1. The van der Waals surface area contributed by atoms with Crippen molar-refractivity contribution in [2.45, 2.75) is 18.6 Å². The zero-order valence-corrected chi connectivity index (χ0v) is 13.0. The summed E-state index contributed by atoms with van der Waals surface area (Å²) in [5, 5.41) is 3.39. The van der Waals surface area contributed by atoms with Gasteiger partial charge in [-0.25, -0.2) is 0 Å². The van der Waals surface area contributed by atoms with Crippen molar-refractivity contribution < 1.29 is 14.2 Å². The Hall–Kier alpha value is -2.04. The fraction of sp³-hybridized carbons (Fsp3) is 0.368. The zero-order chi connectivity index (χ0) is 15.5. The van der Waals surface area contributed by atoms with Crippen LogP contribution in [-0.2, 0) is 11.2 Å². The molecule has 1 N–H and O–H groups in total. The maximum Gasteiger partial charge on any atom is 0.164 e. The van der Waals surface area contributed by atoms with E-state index in [1.165, 1.54) is 5.56 Å². The lowest BCUT2D eigenvalue weighted by Gasteiger charge is -2.32. The van der Waals surface area contributed by atoms with Gasteiger partial charge in [-0.05, 0) is 11.6 Å². The number of nitrogens with one attached hydrogen (secondary N) is 1. The molecule has 1 fully saturated rings. The lowest BCUT2D eigenvalue weighted by molar-refractivity contribution is -0.0438. The first kappa shape index (κ1) is 14.5. The lowest BCUT2D eigenvalue weighted by Crippen LogP contribution is -2.43. The van der Waals surface area contributed by atoms with Crippen molar-refractivity contribution in [3.8, 4) is 11.5 Å². The molecule has 4 rings (SSSR count). The smallest absolute Gasteiger partial charge is 0.164 e. The van der Waals surface area contributed by atoms with Gasteiger partial charge in [-0.2, -0.15) is 0 Å². The summed E-state index contributed by atoms with van der Waals surface area (Å²) in [5.74, 6) is 1.69. The van der Waals surface area contributed by atoms with E-state index >= 15 is 0 Å². The van der Waals surface area contributed by atoms with Gasteiger partial charge >= 0.3 is 0 Å². The fourth-order valence-electron chi connectivity index (χ4n) is 3.20. The third kappa shape index (κ3) is 3.05. The van der Waals surface area contributed by atoms with Crippen LogP contribution in [0.15, 0.2) is 48.5 Å². The predicted molar refractivity (Wildman–Crippen MR) is 88.1 cm³/mol. The fourth-order valence-corrected chi connectivity index (χ4v) is 3.20. The van der Waals surface area contributed by atoms with Crippen molar-refractivity contribution >= 4 is 0 Å². The molecular weight excluding hydrogens is 290 g/mol. The van der Waals surface area contributed by atoms with Crippen molar-refractivity contribution in [2.24, 2.45) is 0 Å². The number of benzene rings is 2. The molecule has 0 unspecified atom stereocenters. The molecule has 0 saturated carbocycles. The van der Waals surface area contributed by atoms with Crippen LogP contribution >= 0.6 is 0 Å². The Morgan fingerprint density at radius 3 is 2.78 bits per heavy atom. The summed E-state index contributed by atoms with van der Waals surface area (Å²) < 4.78 is 18.1. The second-order valence-corrected chi connectivity index (χ2v) is 5.91. The van der Waals surface area contributed by atoms with Crippen LogP contribution in [-0.4, -0.2) is 32.4 Å². The first-order chi connectivity index (χ1) is 11.4. The van der Waals surface area contributed by atoms with E-state index in [1.807, 2.05) is 30.3 Å². The summed E-state index contributed by atoms with van der Waals surface area (Å²) in [4.78, 5) is 0. The SMILES string of the molecule is c1ccc([C@@H](Oc2cccc3c2OCC3)[C@H]2CNCCO2)cc1. The van der Waals surface area contributed by atoms with Crippen LogP contribution < -0.4 is 14.8 Å². The molecule has 2 aliphatic rings. The van der Waals surface area contributed by atoms with Crippen LogP contribution in [0.2, 0.25) is 0 Å². The molecule has 1 saturated heterocycles. The molecular formula is C19H21NO3. The summed E-state index contributed by atoms with van der Waals surface area (Å²) >= 11 is 0. The Bertz CT molecular complexity index is 653. The number of para-hydroxylation sites is 1. The van der Waals surface area contributed by atoms with Crippen molar-refractivity contribution in [3.05, 3.63) is 59.7 Å². The van der Waals surface area contributed by atoms with E-state index < -0.39 is 0 Å². The Morgan fingerprint density at radius 2 is 1.96 bits per heavy atom. The first-order valence-corrected chi connectivity index (χ1v) is 8.20. The van der Waals surface area contributed by atoms with Crippen molar-refractivity contribution in [2.75, 3.05) is 26.3 Å². The van der Waals surface area contributed by atoms with Gasteiger partial charge in [0.05, 0.1) is 13.2 Å². The summed E-state index contributed by atoms with van der Waals surface area (Å²) in [6.45, 7) is 3.12. The molecule has 4 heteroatoms. The van der Waals surface area contributed by atoms with Gasteiger partial charge in [0.2, 0.25) is 0 Å². The van der Waals surface area contributed by atoms with E-state index in [0.717, 1.165) is 43.2 Å². The van der Waals surface area contributed by atoms with Gasteiger partial charge in [-0.1, -0.05) is 42.5 Å². The average Bonchev–Trinajstić information content (AvgIpc) is 3.11. The second-order valence-electron chi connectivity index (χ2n) is 5.91. The van der Waals surface area contributed by atoms with Crippen LogP contribution in [0, 0.1) is 0 Å². The molecule has 2 aromatic rings. The van der Waals surface area contributed by atoms with E-state index in [2.05, 4.69) is 23.5 Å². The molecule has 0 radical (unpaired) electrons. The highest BCUT2D eigenvalue weighted by atomic mass is 16.6. The lowest BCUT2D eigenvalue weighted by atomic mass is 10.0. The van der Waals surface area contributed by atoms with Crippen molar-refractivity contribution in [1.29, 1.82) is 0 Å². The van der Waals surface area contributed by atoms with Gasteiger partial charge in [0.1, 0.15) is 6.10 Å². The Kier molecular flexibility index (Phi) is 4.18. The molecule has 0 amide bonds.